The summed E-state index contributed by atoms with van der Waals surface area (Å²) in [6.45, 7) is 10.3. The number of rotatable bonds is 5. The molecule has 1 N–H and O–H groups in total. The predicted octanol–water partition coefficient (Wildman–Crippen LogP) is 3.94. The smallest absolute Gasteiger partial charge is 0.354 e. The predicted molar refractivity (Wildman–Crippen MR) is 138 cm³/mol. The van der Waals surface area contributed by atoms with Crippen LogP contribution in [-0.4, -0.2) is 76.0 Å². The topological polar surface area (TPSA) is 101 Å². The molecule has 5 rings (SSSR count). The van der Waals surface area contributed by atoms with Crippen molar-refractivity contribution in [1.82, 2.24) is 19.7 Å². The molecular weight excluding hydrogens is 458 g/mol. The van der Waals surface area contributed by atoms with Gasteiger partial charge in [-0.15, -0.1) is 0 Å². The fourth-order valence-corrected chi connectivity index (χ4v) is 5.26. The number of carbonyl (C=O) groups is 2. The van der Waals surface area contributed by atoms with Gasteiger partial charge in [-0.05, 0) is 48.1 Å². The number of aromatic carboxylic acids is 1. The van der Waals surface area contributed by atoms with Crippen molar-refractivity contribution in [3.05, 3.63) is 41.7 Å². The molecule has 36 heavy (non-hydrogen) atoms. The zero-order valence-electron chi connectivity index (χ0n) is 21.1. The summed E-state index contributed by atoms with van der Waals surface area (Å²) in [5.41, 5.74) is 4.43. The molecule has 0 aliphatic carbocycles. The number of pyridine rings is 1. The first kappa shape index (κ1) is 24.2. The summed E-state index contributed by atoms with van der Waals surface area (Å²) in [5.74, 6) is -0.848. The highest BCUT2D eigenvalue weighted by Crippen LogP contribution is 2.37. The average molecular weight is 492 g/mol. The summed E-state index contributed by atoms with van der Waals surface area (Å²) in [6, 6.07) is 10.0. The number of carboxylic acids is 1. The summed E-state index contributed by atoms with van der Waals surface area (Å²) in [4.78, 5) is 32.6. The number of hydrogen-bond donors (Lipinski definition) is 1. The molecule has 190 valence electrons. The molecule has 2 aliphatic heterocycles. The second-order valence-electron chi connectivity index (χ2n) is 9.93. The van der Waals surface area contributed by atoms with E-state index in [1.807, 2.05) is 9.58 Å². The van der Waals surface area contributed by atoms with E-state index in [1.165, 1.54) is 0 Å². The number of aromatic nitrogens is 3. The number of anilines is 1. The Balaban J connectivity index is 1.60. The van der Waals surface area contributed by atoms with Crippen molar-refractivity contribution in [1.29, 1.82) is 0 Å². The van der Waals surface area contributed by atoms with E-state index in [1.54, 1.807) is 13.0 Å². The maximum absolute atomic E-state index is 12.1. The Morgan fingerprint density at radius 1 is 1.06 bits per heavy atom. The zero-order chi connectivity index (χ0) is 25.4. The number of carboxylic acid groups (broad SMARTS) is 1. The zero-order valence-corrected chi connectivity index (χ0v) is 21.1. The van der Waals surface area contributed by atoms with Crippen molar-refractivity contribution in [3.8, 4) is 11.1 Å². The van der Waals surface area contributed by atoms with Gasteiger partial charge < -0.3 is 19.6 Å². The van der Waals surface area contributed by atoms with Gasteiger partial charge in [0.25, 0.3) is 0 Å². The monoisotopic (exact) mass is 491 g/mol. The number of ether oxygens (including phenoxy) is 1. The largest absolute Gasteiger partial charge is 0.477 e. The number of likely N-dealkylation sites (tertiary alicyclic amines) is 1. The first-order valence-electron chi connectivity index (χ1n) is 12.7. The van der Waals surface area contributed by atoms with Gasteiger partial charge in [-0.2, -0.15) is 5.10 Å². The summed E-state index contributed by atoms with van der Waals surface area (Å²) >= 11 is 0. The minimum atomic E-state index is -1.06. The van der Waals surface area contributed by atoms with Gasteiger partial charge in [-0.25, -0.2) is 14.5 Å². The van der Waals surface area contributed by atoms with Crippen LogP contribution >= 0.6 is 0 Å². The minimum Gasteiger partial charge on any atom is -0.477 e. The van der Waals surface area contributed by atoms with Gasteiger partial charge in [0.2, 0.25) is 5.91 Å². The summed E-state index contributed by atoms with van der Waals surface area (Å²) in [6.07, 6.45) is 1.52. The second-order valence-corrected chi connectivity index (χ2v) is 9.93. The number of morpholine rings is 1. The molecular formula is C27H33N5O4. The normalized spacial score (nSPS) is 17.2. The van der Waals surface area contributed by atoms with Crippen molar-refractivity contribution < 1.29 is 19.4 Å². The Kier molecular flexibility index (Phi) is 6.66. The van der Waals surface area contributed by atoms with Gasteiger partial charge in [0.1, 0.15) is 0 Å². The standard InChI is InChI=1S/C27H33N5O4/c1-17(2)25-24-22(19-4-6-20(7-5-19)31-12-14-36-15-13-31)16-23(27(34)35)28-26(24)32(29-25)21-8-10-30(11-9-21)18(3)33/h4-7,16-17,21H,8-15H2,1-3H3,(H,34,35). The molecule has 3 aromatic rings. The van der Waals surface area contributed by atoms with Crippen LogP contribution in [0.15, 0.2) is 30.3 Å². The van der Waals surface area contributed by atoms with Crippen LogP contribution in [0, 0.1) is 0 Å². The molecule has 0 bridgehead atoms. The minimum absolute atomic E-state index is 0.00684. The van der Waals surface area contributed by atoms with E-state index >= 15 is 0 Å². The van der Waals surface area contributed by atoms with E-state index in [4.69, 9.17) is 9.84 Å². The molecule has 1 aromatic carbocycles. The van der Waals surface area contributed by atoms with E-state index in [0.29, 0.717) is 18.7 Å². The molecule has 0 spiro atoms. The quantitative estimate of drug-likeness (QED) is 0.577. The number of carbonyl (C=O) groups excluding carboxylic acids is 1. The fraction of sp³-hybridized carbons (Fsp3) is 0.481. The molecule has 9 nitrogen and oxygen atoms in total. The van der Waals surface area contributed by atoms with Gasteiger partial charge in [-0.3, -0.25) is 4.79 Å². The molecule has 9 heteroatoms. The third-order valence-electron chi connectivity index (χ3n) is 7.27. The molecule has 0 radical (unpaired) electrons. The van der Waals surface area contributed by atoms with Crippen LogP contribution < -0.4 is 4.90 Å². The van der Waals surface area contributed by atoms with Gasteiger partial charge in [0.15, 0.2) is 11.3 Å². The Labute approximate surface area is 210 Å². The maximum Gasteiger partial charge on any atom is 0.354 e. The summed E-state index contributed by atoms with van der Waals surface area (Å²) in [5, 5.41) is 15.8. The van der Waals surface area contributed by atoms with Crippen molar-refractivity contribution in [3.63, 3.8) is 0 Å². The summed E-state index contributed by atoms with van der Waals surface area (Å²) in [7, 11) is 0. The maximum atomic E-state index is 12.1. The number of fused-ring (bicyclic) bond motifs is 1. The lowest BCUT2D eigenvalue weighted by Gasteiger charge is -2.31. The first-order valence-corrected chi connectivity index (χ1v) is 12.7. The third kappa shape index (κ3) is 4.55. The van der Waals surface area contributed by atoms with Crippen molar-refractivity contribution in [2.45, 2.75) is 45.6 Å². The number of hydrogen-bond acceptors (Lipinski definition) is 6. The molecule has 2 aromatic heterocycles. The molecule has 0 unspecified atom stereocenters. The highest BCUT2D eigenvalue weighted by Gasteiger charge is 2.28. The van der Waals surface area contributed by atoms with Crippen LogP contribution in [-0.2, 0) is 9.53 Å². The Bertz CT molecular complexity index is 1270. The van der Waals surface area contributed by atoms with Crippen LogP contribution in [0.2, 0.25) is 0 Å². The van der Waals surface area contributed by atoms with E-state index in [9.17, 15) is 14.7 Å². The fourth-order valence-electron chi connectivity index (χ4n) is 5.26. The lowest BCUT2D eigenvalue weighted by atomic mass is 9.97. The SMILES string of the molecule is CC(=O)N1CCC(n2nc(C(C)C)c3c(-c4ccc(N5CCOCC5)cc4)cc(C(=O)O)nc32)CC1. The molecule has 2 fully saturated rings. The molecule has 0 saturated carbocycles. The second kappa shape index (κ2) is 9.89. The molecule has 2 aliphatic rings. The van der Waals surface area contributed by atoms with Crippen LogP contribution in [0.25, 0.3) is 22.2 Å². The van der Waals surface area contributed by atoms with E-state index < -0.39 is 5.97 Å². The number of amides is 1. The van der Waals surface area contributed by atoms with E-state index in [-0.39, 0.29) is 23.6 Å². The molecule has 2 saturated heterocycles. The van der Waals surface area contributed by atoms with Gasteiger partial charge >= 0.3 is 5.97 Å². The highest BCUT2D eigenvalue weighted by molar-refractivity contribution is 6.00. The Morgan fingerprint density at radius 2 is 1.72 bits per heavy atom. The Morgan fingerprint density at radius 3 is 2.31 bits per heavy atom. The summed E-state index contributed by atoms with van der Waals surface area (Å²) < 4.78 is 7.39. The van der Waals surface area contributed by atoms with E-state index in [0.717, 1.165) is 67.0 Å². The lowest BCUT2D eigenvalue weighted by molar-refractivity contribution is -0.130. The van der Waals surface area contributed by atoms with Crippen LogP contribution in [0.4, 0.5) is 5.69 Å². The molecule has 0 atom stereocenters. The first-order chi connectivity index (χ1) is 17.3. The number of nitrogens with zero attached hydrogens (tertiary/aromatic N) is 5. The van der Waals surface area contributed by atoms with Crippen LogP contribution in [0.1, 0.15) is 61.8 Å². The van der Waals surface area contributed by atoms with Crippen molar-refractivity contribution in [2.24, 2.45) is 0 Å². The lowest BCUT2D eigenvalue weighted by Crippen LogP contribution is -2.37. The van der Waals surface area contributed by atoms with Crippen LogP contribution in [0.3, 0.4) is 0 Å². The number of benzene rings is 1. The van der Waals surface area contributed by atoms with Gasteiger partial charge in [0, 0.05) is 38.8 Å². The highest BCUT2D eigenvalue weighted by atomic mass is 16.5. The third-order valence-corrected chi connectivity index (χ3v) is 7.27. The van der Waals surface area contributed by atoms with Crippen LogP contribution in [0.5, 0.6) is 0 Å². The number of piperidine rings is 1. The van der Waals surface area contributed by atoms with Gasteiger partial charge in [0.05, 0.1) is 30.3 Å². The van der Waals surface area contributed by atoms with Crippen molar-refractivity contribution in [2.75, 3.05) is 44.3 Å². The Hall–Kier alpha value is -3.46. The van der Waals surface area contributed by atoms with Crippen molar-refractivity contribution >= 4 is 28.6 Å². The van der Waals surface area contributed by atoms with Gasteiger partial charge in [-0.1, -0.05) is 26.0 Å². The molecule has 4 heterocycles. The average Bonchev–Trinajstić information content (AvgIpc) is 3.29. The molecule has 1 amide bonds. The van der Waals surface area contributed by atoms with E-state index in [2.05, 4.69) is 48.0 Å².